The summed E-state index contributed by atoms with van der Waals surface area (Å²) in [5.74, 6) is 0. The molecule has 94 valence electrons. The van der Waals surface area contributed by atoms with E-state index in [1.54, 1.807) is 0 Å². The highest BCUT2D eigenvalue weighted by Gasteiger charge is 2.28. The summed E-state index contributed by atoms with van der Waals surface area (Å²) in [6.07, 6.45) is 2.20. The molecule has 0 aromatic carbocycles. The van der Waals surface area contributed by atoms with E-state index in [-0.39, 0.29) is 28.4 Å². The summed E-state index contributed by atoms with van der Waals surface area (Å²) in [7, 11) is -1.41. The molecule has 0 spiro atoms. The van der Waals surface area contributed by atoms with Crippen molar-refractivity contribution in [2.75, 3.05) is 13.1 Å². The second-order valence-electron chi connectivity index (χ2n) is 3.50. The Morgan fingerprint density at radius 2 is 2.35 bits per heavy atom. The van der Waals surface area contributed by atoms with Gasteiger partial charge in [-0.3, -0.25) is 14.3 Å². The topological polar surface area (TPSA) is 85.1 Å². The van der Waals surface area contributed by atoms with Crippen LogP contribution in [0.4, 0.5) is 5.69 Å². The predicted molar refractivity (Wildman–Crippen MR) is 65.8 cm³/mol. The maximum absolute atomic E-state index is 12.1. The van der Waals surface area contributed by atoms with Gasteiger partial charge in [0.1, 0.15) is 0 Å². The van der Waals surface area contributed by atoms with Crippen LogP contribution in [0.3, 0.4) is 0 Å². The van der Waals surface area contributed by atoms with Gasteiger partial charge in [-0.15, -0.1) is 12.4 Å². The molecule has 6 nitrogen and oxygen atoms in total. The normalized spacial score (nSPS) is 20.6. The molecule has 0 amide bonds. The van der Waals surface area contributed by atoms with E-state index < -0.39 is 15.7 Å². The van der Waals surface area contributed by atoms with Crippen LogP contribution in [0.15, 0.2) is 23.4 Å². The zero-order valence-corrected chi connectivity index (χ0v) is 10.5. The monoisotopic (exact) mass is 277 g/mol. The first-order valence-corrected chi connectivity index (χ1v) is 6.12. The third-order valence-corrected chi connectivity index (χ3v) is 4.16. The average molecular weight is 278 g/mol. The molecule has 0 radical (unpaired) electrons. The fourth-order valence-electron chi connectivity index (χ4n) is 1.65. The number of pyridine rings is 1. The number of halogens is 1. The Hall–Kier alpha value is -1.05. The smallest absolute Gasteiger partial charge is 0.303 e. The standard InChI is InChI=1S/C9H11N3O3S.ClH/c13-12(14)8-2-1-4-11-9(8)16(15)7-3-5-10-6-7;/h1-2,4,7,10H,3,5-6H2;1H. The van der Waals surface area contributed by atoms with Crippen LogP contribution in [-0.4, -0.2) is 32.5 Å². The SMILES string of the molecule is Cl.O=[N+]([O-])c1cccnc1S(=O)C1CCNC1. The molecule has 8 heteroatoms. The van der Waals surface area contributed by atoms with Crippen molar-refractivity contribution >= 4 is 28.9 Å². The Bertz CT molecular complexity index is 437. The molecule has 1 N–H and O–H groups in total. The second-order valence-corrected chi connectivity index (χ2v) is 5.15. The lowest BCUT2D eigenvalue weighted by Crippen LogP contribution is -2.20. The summed E-state index contributed by atoms with van der Waals surface area (Å²) in [4.78, 5) is 14.1. The fourth-order valence-corrected chi connectivity index (χ4v) is 3.08. The third kappa shape index (κ3) is 2.99. The first-order valence-electron chi connectivity index (χ1n) is 4.91. The molecule has 2 rings (SSSR count). The molecule has 2 heterocycles. The van der Waals surface area contributed by atoms with Gasteiger partial charge >= 0.3 is 5.69 Å². The summed E-state index contributed by atoms with van der Waals surface area (Å²) in [5.41, 5.74) is -0.160. The van der Waals surface area contributed by atoms with E-state index in [0.29, 0.717) is 6.54 Å². The van der Waals surface area contributed by atoms with Crippen LogP contribution < -0.4 is 5.32 Å². The van der Waals surface area contributed by atoms with Crippen molar-refractivity contribution in [1.82, 2.24) is 10.3 Å². The summed E-state index contributed by atoms with van der Waals surface area (Å²) in [6.45, 7) is 1.43. The van der Waals surface area contributed by atoms with Crippen molar-refractivity contribution in [1.29, 1.82) is 0 Å². The maximum Gasteiger partial charge on any atom is 0.303 e. The number of hydrogen-bond acceptors (Lipinski definition) is 5. The van der Waals surface area contributed by atoms with Crippen molar-refractivity contribution in [2.24, 2.45) is 0 Å². The lowest BCUT2D eigenvalue weighted by molar-refractivity contribution is -0.388. The first-order chi connectivity index (χ1) is 7.70. The van der Waals surface area contributed by atoms with Gasteiger partial charge < -0.3 is 5.32 Å². The minimum absolute atomic E-state index is 0. The van der Waals surface area contributed by atoms with Gasteiger partial charge in [0.25, 0.3) is 0 Å². The van der Waals surface area contributed by atoms with Crippen LogP contribution >= 0.6 is 12.4 Å². The van der Waals surface area contributed by atoms with Gasteiger partial charge in [-0.1, -0.05) is 0 Å². The number of nitrogens with zero attached hydrogens (tertiary/aromatic N) is 2. The molecule has 1 aromatic heterocycles. The van der Waals surface area contributed by atoms with Crippen LogP contribution in [0.1, 0.15) is 6.42 Å². The molecule has 1 fully saturated rings. The van der Waals surface area contributed by atoms with Gasteiger partial charge in [0.2, 0.25) is 5.03 Å². The summed E-state index contributed by atoms with van der Waals surface area (Å²) in [5, 5.41) is 13.8. The van der Waals surface area contributed by atoms with Gasteiger partial charge in [-0.25, -0.2) is 4.98 Å². The maximum atomic E-state index is 12.1. The zero-order chi connectivity index (χ0) is 11.5. The predicted octanol–water partition coefficient (Wildman–Crippen LogP) is 0.881. The van der Waals surface area contributed by atoms with E-state index in [9.17, 15) is 14.3 Å². The molecule has 2 unspecified atom stereocenters. The Labute approximate surface area is 107 Å². The molecule has 0 bridgehead atoms. The van der Waals surface area contributed by atoms with Crippen LogP contribution in [0, 0.1) is 10.1 Å². The molecule has 17 heavy (non-hydrogen) atoms. The third-order valence-electron chi connectivity index (χ3n) is 2.46. The van der Waals surface area contributed by atoms with E-state index in [0.717, 1.165) is 13.0 Å². The van der Waals surface area contributed by atoms with Gasteiger partial charge in [-0.2, -0.15) is 0 Å². The average Bonchev–Trinajstić information content (AvgIpc) is 2.81. The van der Waals surface area contributed by atoms with E-state index in [1.807, 2.05) is 0 Å². The van der Waals surface area contributed by atoms with Crippen molar-refractivity contribution in [3.8, 4) is 0 Å². The molecule has 0 saturated carbocycles. The van der Waals surface area contributed by atoms with E-state index in [1.165, 1.54) is 18.3 Å². The molecule has 1 aliphatic heterocycles. The molecule has 2 atom stereocenters. The largest absolute Gasteiger partial charge is 0.315 e. The molecular formula is C9H12ClN3O3S. The van der Waals surface area contributed by atoms with E-state index in [2.05, 4.69) is 10.3 Å². The van der Waals surface area contributed by atoms with Gasteiger partial charge in [0.15, 0.2) is 0 Å². The molecule has 0 aliphatic carbocycles. The number of rotatable bonds is 3. The molecule has 1 aromatic rings. The highest BCUT2D eigenvalue weighted by molar-refractivity contribution is 7.85. The summed E-state index contributed by atoms with van der Waals surface area (Å²) < 4.78 is 12.1. The van der Waals surface area contributed by atoms with E-state index in [4.69, 9.17) is 0 Å². The van der Waals surface area contributed by atoms with Gasteiger partial charge in [-0.05, 0) is 19.0 Å². The minimum Gasteiger partial charge on any atom is -0.315 e. The van der Waals surface area contributed by atoms with Crippen molar-refractivity contribution in [3.05, 3.63) is 28.4 Å². The second kappa shape index (κ2) is 6.04. The van der Waals surface area contributed by atoms with E-state index >= 15 is 0 Å². The molecular weight excluding hydrogens is 266 g/mol. The lowest BCUT2D eigenvalue weighted by atomic mass is 10.4. The highest BCUT2D eigenvalue weighted by Crippen LogP contribution is 2.23. The minimum atomic E-state index is -1.41. The first kappa shape index (κ1) is 14.0. The van der Waals surface area contributed by atoms with Crippen molar-refractivity contribution in [2.45, 2.75) is 16.7 Å². The Balaban J connectivity index is 0.00000144. The van der Waals surface area contributed by atoms with Crippen LogP contribution in [0.2, 0.25) is 0 Å². The number of hydrogen-bond donors (Lipinski definition) is 1. The number of nitrogens with one attached hydrogen (secondary N) is 1. The molecule has 1 saturated heterocycles. The Kier molecular flexibility index (Phi) is 4.98. The van der Waals surface area contributed by atoms with Crippen molar-refractivity contribution < 1.29 is 9.13 Å². The summed E-state index contributed by atoms with van der Waals surface area (Å²) >= 11 is 0. The van der Waals surface area contributed by atoms with Crippen LogP contribution in [-0.2, 0) is 10.8 Å². The van der Waals surface area contributed by atoms with Crippen LogP contribution in [0.25, 0.3) is 0 Å². The number of nitro groups is 1. The zero-order valence-electron chi connectivity index (χ0n) is 8.87. The number of aromatic nitrogens is 1. The lowest BCUT2D eigenvalue weighted by Gasteiger charge is -2.07. The van der Waals surface area contributed by atoms with Crippen molar-refractivity contribution in [3.63, 3.8) is 0 Å². The van der Waals surface area contributed by atoms with Gasteiger partial charge in [0, 0.05) is 18.8 Å². The molecule has 1 aliphatic rings. The highest BCUT2D eigenvalue weighted by atomic mass is 35.5. The van der Waals surface area contributed by atoms with Crippen LogP contribution in [0.5, 0.6) is 0 Å². The quantitative estimate of drug-likeness (QED) is 0.655. The van der Waals surface area contributed by atoms with Gasteiger partial charge in [0.05, 0.1) is 21.0 Å². The Morgan fingerprint density at radius 3 is 2.94 bits per heavy atom. The fraction of sp³-hybridized carbons (Fsp3) is 0.444. The Morgan fingerprint density at radius 1 is 1.59 bits per heavy atom. The summed E-state index contributed by atoms with van der Waals surface area (Å²) in [6, 6.07) is 2.81.